The van der Waals surface area contributed by atoms with Gasteiger partial charge in [-0.2, -0.15) is 0 Å². The smallest absolute Gasteiger partial charge is 0.250 e. The zero-order chi connectivity index (χ0) is 12.3. The maximum absolute atomic E-state index is 11.5. The van der Waals surface area contributed by atoms with E-state index in [4.69, 9.17) is 0 Å². The maximum Gasteiger partial charge on any atom is 0.250 e. The number of nitrogens with zero attached hydrogens (tertiary/aromatic N) is 1. The highest BCUT2D eigenvalue weighted by Crippen LogP contribution is 2.06. The number of benzene rings is 1. The van der Waals surface area contributed by atoms with Crippen LogP contribution in [-0.2, 0) is 6.54 Å². The predicted octanol–water partition coefficient (Wildman–Crippen LogP) is 1.91. The number of ketones is 1. The van der Waals surface area contributed by atoms with Crippen molar-refractivity contribution >= 4 is 5.78 Å². The summed E-state index contributed by atoms with van der Waals surface area (Å²) in [6.45, 7) is 3.85. The van der Waals surface area contributed by atoms with E-state index >= 15 is 0 Å². The zero-order valence-electron chi connectivity index (χ0n) is 9.30. The second kappa shape index (κ2) is 4.78. The number of carbonyl (C=O) groups is 1. The molecule has 0 aliphatic heterocycles. The maximum atomic E-state index is 11.5. The minimum atomic E-state index is -0.201. The first kappa shape index (κ1) is 11.3. The van der Waals surface area contributed by atoms with Crippen molar-refractivity contribution in [1.29, 1.82) is 0 Å². The first-order valence-electron chi connectivity index (χ1n) is 5.27. The number of rotatable bonds is 3. The monoisotopic (exact) mass is 226 g/mol. The van der Waals surface area contributed by atoms with Crippen LogP contribution in [0.25, 0.3) is 0 Å². The Hall–Kier alpha value is -2.16. The van der Waals surface area contributed by atoms with E-state index in [0.29, 0.717) is 12.1 Å². The van der Waals surface area contributed by atoms with Crippen LogP contribution in [0.2, 0.25) is 0 Å². The molecule has 2 aromatic rings. The van der Waals surface area contributed by atoms with Crippen LogP contribution in [0.4, 0.5) is 0 Å². The summed E-state index contributed by atoms with van der Waals surface area (Å²) in [6, 6.07) is 12.2. The Morgan fingerprint density at radius 1 is 1.12 bits per heavy atom. The molecule has 0 saturated carbocycles. The van der Waals surface area contributed by atoms with E-state index in [1.54, 1.807) is 29.0 Å². The van der Waals surface area contributed by atoms with Gasteiger partial charge in [-0.05, 0) is 11.6 Å². The van der Waals surface area contributed by atoms with Gasteiger partial charge in [-0.1, -0.05) is 30.3 Å². The number of hydrogen-bond donors (Lipinski definition) is 0. The second-order valence-electron chi connectivity index (χ2n) is 3.79. The number of carbonyl (C=O) groups excluding carboxylic acids is 1. The minimum Gasteiger partial charge on any atom is -0.311 e. The van der Waals surface area contributed by atoms with Crippen LogP contribution in [0.15, 0.2) is 53.5 Å². The Bertz CT molecular complexity index is 582. The molecule has 1 heterocycles. The van der Waals surface area contributed by atoms with E-state index in [1.165, 1.54) is 6.07 Å². The fourth-order valence-corrected chi connectivity index (χ4v) is 1.58. The third-order valence-electron chi connectivity index (χ3n) is 2.53. The van der Waals surface area contributed by atoms with Gasteiger partial charge in [0.1, 0.15) is 0 Å². The molecule has 0 aliphatic carbocycles. The predicted molar refractivity (Wildman–Crippen MR) is 65.9 cm³/mol. The summed E-state index contributed by atoms with van der Waals surface area (Å²) in [6.07, 6.45) is 1.74. The van der Waals surface area contributed by atoms with Crippen molar-refractivity contribution in [2.45, 2.75) is 6.54 Å². The van der Waals surface area contributed by atoms with Gasteiger partial charge in [0.25, 0.3) is 5.56 Å². The Morgan fingerprint density at radius 2 is 1.82 bits per heavy atom. The van der Waals surface area contributed by atoms with Gasteiger partial charge in [0, 0.05) is 24.8 Å². The van der Waals surface area contributed by atoms with Crippen molar-refractivity contribution in [3.05, 3.63) is 77.1 Å². The van der Waals surface area contributed by atoms with Gasteiger partial charge in [0.05, 0.1) is 6.54 Å². The topological polar surface area (TPSA) is 39.1 Å². The first-order chi connectivity index (χ1) is 8.16. The fraction of sp³-hybridized carbons (Fsp3) is 0.0714. The van der Waals surface area contributed by atoms with Gasteiger partial charge in [-0.25, -0.2) is 0 Å². The number of Topliss-reactive ketones (excluding diaryl/α,β-unsaturated/α-hetero) is 1. The van der Waals surface area contributed by atoms with Crippen molar-refractivity contribution in [3.8, 4) is 0 Å². The van der Waals surface area contributed by atoms with Gasteiger partial charge in [-0.15, -0.1) is 0 Å². The van der Waals surface area contributed by atoms with Crippen LogP contribution < -0.4 is 5.56 Å². The second-order valence-corrected chi connectivity index (χ2v) is 3.79. The molecule has 2 rings (SSSR count). The number of pyridine rings is 1. The molecule has 0 aliphatic rings. The Kier molecular flexibility index (Phi) is 3.19. The average Bonchev–Trinajstić information content (AvgIpc) is 2.33. The molecule has 0 amide bonds. The summed E-state index contributed by atoms with van der Waals surface area (Å²) in [4.78, 5) is 22.5. The normalized spacial score (nSPS) is 10.2. The molecule has 3 nitrogen and oxygen atoms in total. The summed E-state index contributed by atoms with van der Waals surface area (Å²) in [7, 11) is 0. The summed E-state index contributed by atoms with van der Waals surface area (Å²) >= 11 is 0. The Morgan fingerprint density at radius 3 is 2.41 bits per heavy atom. The lowest BCUT2D eigenvalue weighted by molar-refractivity contribution is 0.104. The van der Waals surface area contributed by atoms with E-state index in [2.05, 4.69) is 6.92 Å². The lowest BCUT2D eigenvalue weighted by atomic mass is 10.1. The molecule has 1 aromatic heterocycles. The highest BCUT2D eigenvalue weighted by Gasteiger charge is 2.00. The van der Waals surface area contributed by atoms with Crippen LogP contribution in [0, 0.1) is 6.92 Å². The van der Waals surface area contributed by atoms with E-state index in [9.17, 15) is 9.59 Å². The molecule has 0 saturated heterocycles. The molecule has 0 atom stereocenters. The molecule has 17 heavy (non-hydrogen) atoms. The minimum absolute atomic E-state index is 0.0372. The standard InChI is InChI=1S/C14H12NO2/c1-11(16)13-7-5-12(6-8-13)10-15-9-3-2-4-14(15)17/h2-9H,1,10H2. The highest BCUT2D eigenvalue weighted by atomic mass is 16.1. The van der Waals surface area contributed by atoms with E-state index < -0.39 is 0 Å². The molecule has 0 spiro atoms. The number of hydrogen-bond acceptors (Lipinski definition) is 2. The number of aromatic nitrogens is 1. The van der Waals surface area contributed by atoms with E-state index in [0.717, 1.165) is 5.56 Å². The molecule has 0 unspecified atom stereocenters. The van der Waals surface area contributed by atoms with Crippen LogP contribution in [0.1, 0.15) is 15.9 Å². The third kappa shape index (κ3) is 2.69. The van der Waals surface area contributed by atoms with Crippen molar-refractivity contribution in [2.75, 3.05) is 0 Å². The van der Waals surface area contributed by atoms with Crippen LogP contribution in [-0.4, -0.2) is 10.4 Å². The summed E-state index contributed by atoms with van der Waals surface area (Å²) < 4.78 is 1.61. The molecular formula is C14H12NO2. The molecule has 1 aromatic carbocycles. The average molecular weight is 226 g/mol. The first-order valence-corrected chi connectivity index (χ1v) is 5.27. The van der Waals surface area contributed by atoms with Crippen molar-refractivity contribution in [2.24, 2.45) is 0 Å². The molecule has 0 fully saturated rings. The van der Waals surface area contributed by atoms with Gasteiger partial charge in [0.15, 0.2) is 5.78 Å². The highest BCUT2D eigenvalue weighted by molar-refractivity contribution is 5.99. The lowest BCUT2D eigenvalue weighted by Crippen LogP contribution is -2.18. The molecular weight excluding hydrogens is 214 g/mol. The lowest BCUT2D eigenvalue weighted by Gasteiger charge is -2.05. The Labute approximate surface area is 99.3 Å². The third-order valence-corrected chi connectivity index (χ3v) is 2.53. The Balaban J connectivity index is 2.23. The van der Waals surface area contributed by atoms with Gasteiger partial charge < -0.3 is 4.57 Å². The largest absolute Gasteiger partial charge is 0.311 e. The molecule has 85 valence electrons. The van der Waals surface area contributed by atoms with Crippen LogP contribution >= 0.6 is 0 Å². The summed E-state index contributed by atoms with van der Waals surface area (Å²) in [5.74, 6) is -0.201. The van der Waals surface area contributed by atoms with Crippen molar-refractivity contribution < 1.29 is 4.79 Å². The summed E-state index contributed by atoms with van der Waals surface area (Å²) in [5, 5.41) is 0. The van der Waals surface area contributed by atoms with Crippen molar-refractivity contribution in [3.63, 3.8) is 0 Å². The SMILES string of the molecule is [CH2]C(=O)c1ccc(Cn2ccccc2=O)cc1. The van der Waals surface area contributed by atoms with Crippen LogP contribution in [0.3, 0.4) is 0 Å². The van der Waals surface area contributed by atoms with Gasteiger partial charge in [-0.3, -0.25) is 9.59 Å². The van der Waals surface area contributed by atoms with Gasteiger partial charge >= 0.3 is 0 Å². The van der Waals surface area contributed by atoms with Crippen molar-refractivity contribution in [1.82, 2.24) is 4.57 Å². The molecule has 1 radical (unpaired) electrons. The molecule has 0 N–H and O–H groups in total. The zero-order valence-corrected chi connectivity index (χ0v) is 9.30. The fourth-order valence-electron chi connectivity index (χ4n) is 1.58. The van der Waals surface area contributed by atoms with E-state index in [1.807, 2.05) is 18.2 Å². The quantitative estimate of drug-likeness (QED) is 0.750. The van der Waals surface area contributed by atoms with Crippen LogP contribution in [0.5, 0.6) is 0 Å². The van der Waals surface area contributed by atoms with Gasteiger partial charge in [0.2, 0.25) is 0 Å². The summed E-state index contributed by atoms with van der Waals surface area (Å²) in [5.41, 5.74) is 1.52. The van der Waals surface area contributed by atoms with E-state index in [-0.39, 0.29) is 11.3 Å². The molecule has 3 heteroatoms. The molecule has 0 bridgehead atoms.